The SMILES string of the molecule is Cc1ccc2s[c-]c(-c3nc4ccccc4n3-c3c(-c4ccccc4)cccc3-c3ccccc3)c2c1.[Ir].[c-]1ccccc1-c1ccccn1. The molecule has 0 saturated heterocycles. The van der Waals surface area contributed by atoms with Crippen molar-refractivity contribution in [3.8, 4) is 50.6 Å². The first-order chi connectivity index (χ1) is 24.2. The van der Waals surface area contributed by atoms with E-state index in [1.165, 1.54) is 37.9 Å². The van der Waals surface area contributed by atoms with Crippen molar-refractivity contribution in [1.82, 2.24) is 14.5 Å². The van der Waals surface area contributed by atoms with Crippen LogP contribution < -0.4 is 0 Å². The predicted octanol–water partition coefficient (Wildman–Crippen LogP) is 11.9. The number of fused-ring (bicyclic) bond motifs is 2. The summed E-state index contributed by atoms with van der Waals surface area (Å²) in [6.45, 7) is 2.14. The molecule has 0 bridgehead atoms. The van der Waals surface area contributed by atoms with Crippen LogP contribution in [0.25, 0.3) is 71.7 Å². The third-order valence-electron chi connectivity index (χ3n) is 8.53. The summed E-state index contributed by atoms with van der Waals surface area (Å²) in [7, 11) is 0. The number of hydrogen-bond donors (Lipinski definition) is 0. The molecule has 0 saturated carbocycles. The first-order valence-corrected chi connectivity index (χ1v) is 17.1. The van der Waals surface area contributed by atoms with Crippen LogP contribution >= 0.6 is 11.3 Å². The van der Waals surface area contributed by atoms with Gasteiger partial charge in [0, 0.05) is 37.4 Å². The molecule has 0 N–H and O–H groups in total. The van der Waals surface area contributed by atoms with E-state index < -0.39 is 0 Å². The number of thiophene rings is 1. The molecule has 0 aliphatic heterocycles. The molecule has 0 atom stereocenters. The summed E-state index contributed by atoms with van der Waals surface area (Å²) in [4.78, 5) is 9.44. The second-order valence-corrected chi connectivity index (χ2v) is 12.6. The van der Waals surface area contributed by atoms with Crippen LogP contribution in [0.3, 0.4) is 0 Å². The largest absolute Gasteiger partial charge is 0.332 e. The number of aryl methyl sites for hydroxylation is 1. The fourth-order valence-corrected chi connectivity index (χ4v) is 7.06. The average molecular weight is 838 g/mol. The number of rotatable bonds is 5. The number of imidazole rings is 1. The Morgan fingerprint density at radius 3 is 2.00 bits per heavy atom. The fraction of sp³-hybridized carbons (Fsp3) is 0.0222. The van der Waals surface area contributed by atoms with E-state index in [2.05, 4.69) is 149 Å². The third kappa shape index (κ3) is 6.59. The van der Waals surface area contributed by atoms with Gasteiger partial charge in [-0.05, 0) is 41.9 Å². The number of nitrogens with zero attached hydrogens (tertiary/aromatic N) is 3. The molecule has 243 valence electrons. The molecular formula is C45H31IrN3S-2. The smallest absolute Gasteiger partial charge is 0.0774 e. The van der Waals surface area contributed by atoms with Crippen molar-refractivity contribution in [2.24, 2.45) is 0 Å². The summed E-state index contributed by atoms with van der Waals surface area (Å²) in [5.41, 5.74) is 12.2. The van der Waals surface area contributed by atoms with E-state index in [-0.39, 0.29) is 20.1 Å². The second kappa shape index (κ2) is 15.0. The van der Waals surface area contributed by atoms with Gasteiger partial charge in [0.05, 0.1) is 22.5 Å². The summed E-state index contributed by atoms with van der Waals surface area (Å²) < 4.78 is 3.57. The van der Waals surface area contributed by atoms with Crippen molar-refractivity contribution in [3.05, 3.63) is 187 Å². The van der Waals surface area contributed by atoms with Crippen LogP contribution in [-0.4, -0.2) is 14.5 Å². The monoisotopic (exact) mass is 838 g/mol. The molecule has 3 aromatic heterocycles. The van der Waals surface area contributed by atoms with E-state index in [1.807, 2.05) is 42.5 Å². The van der Waals surface area contributed by atoms with Gasteiger partial charge in [-0.2, -0.15) is 0 Å². The molecule has 0 aliphatic rings. The third-order valence-corrected chi connectivity index (χ3v) is 9.41. The van der Waals surface area contributed by atoms with Gasteiger partial charge in [0.2, 0.25) is 0 Å². The summed E-state index contributed by atoms with van der Waals surface area (Å²) in [6.07, 6.45) is 1.79. The average Bonchev–Trinajstić information content (AvgIpc) is 3.77. The zero-order valence-electron chi connectivity index (χ0n) is 27.2. The van der Waals surface area contributed by atoms with E-state index in [4.69, 9.17) is 4.98 Å². The summed E-state index contributed by atoms with van der Waals surface area (Å²) in [5, 5.41) is 4.80. The Labute approximate surface area is 309 Å². The Kier molecular flexibility index (Phi) is 9.91. The number of hydrogen-bond acceptors (Lipinski definition) is 3. The van der Waals surface area contributed by atoms with Crippen molar-refractivity contribution in [2.45, 2.75) is 6.92 Å². The van der Waals surface area contributed by atoms with Crippen LogP contribution in [0.2, 0.25) is 0 Å². The van der Waals surface area contributed by atoms with Crippen molar-refractivity contribution < 1.29 is 20.1 Å². The Hall–Kier alpha value is -5.45. The quantitative estimate of drug-likeness (QED) is 0.162. The van der Waals surface area contributed by atoms with Gasteiger partial charge in [0.25, 0.3) is 0 Å². The number of pyridine rings is 1. The molecule has 0 fully saturated rings. The molecule has 0 aliphatic carbocycles. The maximum absolute atomic E-state index is 5.22. The second-order valence-electron chi connectivity index (χ2n) is 11.8. The number of benzene rings is 6. The van der Waals surface area contributed by atoms with E-state index in [0.717, 1.165) is 39.4 Å². The van der Waals surface area contributed by atoms with Crippen LogP contribution in [0, 0.1) is 18.4 Å². The van der Waals surface area contributed by atoms with E-state index in [1.54, 1.807) is 17.5 Å². The predicted molar refractivity (Wildman–Crippen MR) is 205 cm³/mol. The van der Waals surface area contributed by atoms with Gasteiger partial charge in [-0.25, -0.2) is 0 Å². The zero-order chi connectivity index (χ0) is 33.0. The molecule has 50 heavy (non-hydrogen) atoms. The molecule has 1 radical (unpaired) electrons. The van der Waals surface area contributed by atoms with Crippen molar-refractivity contribution >= 4 is 32.5 Å². The maximum atomic E-state index is 5.22. The number of aromatic nitrogens is 3. The van der Waals surface area contributed by atoms with Gasteiger partial charge in [-0.3, -0.25) is 16.3 Å². The normalized spacial score (nSPS) is 10.7. The fourth-order valence-electron chi connectivity index (χ4n) is 6.24. The first kappa shape index (κ1) is 33.1. The molecule has 6 aromatic carbocycles. The minimum atomic E-state index is 0. The molecular weight excluding hydrogens is 807 g/mol. The Balaban J connectivity index is 0.000000255. The topological polar surface area (TPSA) is 30.7 Å². The molecule has 0 unspecified atom stereocenters. The van der Waals surface area contributed by atoms with E-state index in [9.17, 15) is 0 Å². The van der Waals surface area contributed by atoms with Crippen LogP contribution in [0.5, 0.6) is 0 Å². The molecule has 0 amide bonds. The Morgan fingerprint density at radius 2 is 1.32 bits per heavy atom. The summed E-state index contributed by atoms with van der Waals surface area (Å²) in [5.74, 6) is 0.915. The van der Waals surface area contributed by atoms with Crippen LogP contribution in [0.4, 0.5) is 0 Å². The Bertz CT molecular complexity index is 2390. The van der Waals surface area contributed by atoms with E-state index >= 15 is 0 Å². The zero-order valence-corrected chi connectivity index (χ0v) is 30.5. The molecule has 3 heterocycles. The van der Waals surface area contributed by atoms with Crippen molar-refractivity contribution in [3.63, 3.8) is 0 Å². The van der Waals surface area contributed by atoms with Gasteiger partial charge >= 0.3 is 0 Å². The van der Waals surface area contributed by atoms with Gasteiger partial charge in [-0.15, -0.1) is 47.3 Å². The minimum Gasteiger partial charge on any atom is -0.332 e. The van der Waals surface area contributed by atoms with Crippen LogP contribution in [0.15, 0.2) is 170 Å². The van der Waals surface area contributed by atoms with Crippen molar-refractivity contribution in [2.75, 3.05) is 0 Å². The van der Waals surface area contributed by atoms with Crippen LogP contribution in [0.1, 0.15) is 5.56 Å². The summed E-state index contributed by atoms with van der Waals surface area (Å²) >= 11 is 1.65. The first-order valence-electron chi connectivity index (χ1n) is 16.3. The Morgan fingerprint density at radius 1 is 0.640 bits per heavy atom. The van der Waals surface area contributed by atoms with Gasteiger partial charge < -0.3 is 9.55 Å². The number of para-hydroxylation sites is 3. The summed E-state index contributed by atoms with van der Waals surface area (Å²) in [6, 6.07) is 59.7. The van der Waals surface area contributed by atoms with Crippen molar-refractivity contribution in [1.29, 1.82) is 0 Å². The van der Waals surface area contributed by atoms with Gasteiger partial charge in [0.1, 0.15) is 0 Å². The molecule has 0 spiro atoms. The molecule has 9 rings (SSSR count). The standard InChI is InChI=1S/C34H23N2S.C11H8N.Ir/c1-23-19-20-32-28(21-23)29(22-37-32)34-35-30-17-8-9-18-31(30)36(34)33-26(24-11-4-2-5-12-24)15-10-16-27(33)25-13-6-3-7-14-25;1-2-6-10(7-3-1)11-8-4-5-9-12-11;/h2-21H,1H3;1-6,8-9H;/q2*-1;. The molecule has 9 aromatic rings. The molecule has 5 heteroatoms. The van der Waals surface area contributed by atoms with Crippen LogP contribution in [-0.2, 0) is 20.1 Å². The van der Waals surface area contributed by atoms with E-state index in [0.29, 0.717) is 0 Å². The minimum absolute atomic E-state index is 0. The maximum Gasteiger partial charge on any atom is 0.0774 e. The van der Waals surface area contributed by atoms with Gasteiger partial charge in [0.15, 0.2) is 0 Å². The molecule has 3 nitrogen and oxygen atoms in total. The van der Waals surface area contributed by atoms with Gasteiger partial charge in [-0.1, -0.05) is 136 Å².